The van der Waals surface area contributed by atoms with Crippen LogP contribution >= 0.6 is 39.1 Å². The number of nitrogens with one attached hydrogen (secondary N) is 1. The van der Waals surface area contributed by atoms with E-state index in [1.807, 2.05) is 48.7 Å². The van der Waals surface area contributed by atoms with E-state index in [1.54, 1.807) is 24.4 Å². The molecule has 1 N–H and O–H groups in total. The summed E-state index contributed by atoms with van der Waals surface area (Å²) < 4.78 is 8.49. The predicted molar refractivity (Wildman–Crippen MR) is 124 cm³/mol. The number of benzene rings is 2. The second kappa shape index (κ2) is 8.30. The van der Waals surface area contributed by atoms with E-state index in [1.165, 1.54) is 0 Å². The van der Waals surface area contributed by atoms with Gasteiger partial charge in [0.25, 0.3) is 0 Å². The minimum absolute atomic E-state index is 0.191. The lowest BCUT2D eigenvalue weighted by Gasteiger charge is -2.12. The van der Waals surface area contributed by atoms with Crippen LogP contribution in [-0.2, 0) is 0 Å². The summed E-state index contributed by atoms with van der Waals surface area (Å²) in [6, 6.07) is 14.7. The Hall–Kier alpha value is -2.54. The molecule has 2 aromatic heterocycles. The van der Waals surface area contributed by atoms with Crippen LogP contribution in [0.3, 0.4) is 0 Å². The maximum atomic E-state index is 12.4. The number of carbonyl (C=O) groups is 1. The van der Waals surface area contributed by atoms with Crippen LogP contribution in [-0.4, -0.2) is 16.7 Å². The summed E-state index contributed by atoms with van der Waals surface area (Å²) in [6.45, 7) is 3.91. The Morgan fingerprint density at radius 2 is 1.97 bits per heavy atom. The first-order valence-corrected chi connectivity index (χ1v) is 10.6. The third-order valence-corrected chi connectivity index (χ3v) is 6.02. The summed E-state index contributed by atoms with van der Waals surface area (Å²) in [7, 11) is 0. The van der Waals surface area contributed by atoms with Gasteiger partial charge < -0.3 is 8.98 Å². The van der Waals surface area contributed by atoms with Gasteiger partial charge in [-0.2, -0.15) is 5.10 Å². The monoisotopic (exact) mass is 503 g/mol. The van der Waals surface area contributed by atoms with Gasteiger partial charge in [-0.3, -0.25) is 4.79 Å². The zero-order valence-electron chi connectivity index (χ0n) is 16.0. The largest absolute Gasteiger partial charge is 0.451 e. The molecule has 0 bridgehead atoms. The van der Waals surface area contributed by atoms with Crippen molar-refractivity contribution >= 4 is 62.2 Å². The second-order valence-corrected chi connectivity index (χ2v) is 8.43. The first-order valence-electron chi connectivity index (χ1n) is 9.01. The molecule has 0 saturated carbocycles. The molecule has 0 saturated heterocycles. The number of hydrazone groups is 1. The van der Waals surface area contributed by atoms with Gasteiger partial charge in [0.15, 0.2) is 5.76 Å². The number of aryl methyl sites for hydroxylation is 1. The summed E-state index contributed by atoms with van der Waals surface area (Å²) in [5.41, 5.74) is 6.66. The molecule has 4 aromatic rings. The zero-order valence-corrected chi connectivity index (χ0v) is 19.1. The Morgan fingerprint density at radius 1 is 1.17 bits per heavy atom. The first kappa shape index (κ1) is 20.7. The third kappa shape index (κ3) is 3.90. The predicted octanol–water partition coefficient (Wildman–Crippen LogP) is 6.67. The van der Waals surface area contributed by atoms with Crippen molar-refractivity contribution in [1.29, 1.82) is 0 Å². The van der Waals surface area contributed by atoms with Gasteiger partial charge in [-0.25, -0.2) is 5.43 Å². The Morgan fingerprint density at radius 3 is 2.77 bits per heavy atom. The van der Waals surface area contributed by atoms with E-state index in [4.69, 9.17) is 27.6 Å². The Labute approximate surface area is 191 Å². The maximum Gasteiger partial charge on any atom is 0.307 e. The van der Waals surface area contributed by atoms with Crippen LogP contribution < -0.4 is 5.43 Å². The molecule has 0 aliphatic carbocycles. The fraction of sp³-hybridized carbons (Fsp3) is 0.0909. The average Bonchev–Trinajstić information content (AvgIpc) is 3.25. The van der Waals surface area contributed by atoms with E-state index < -0.39 is 5.91 Å². The van der Waals surface area contributed by atoms with Gasteiger partial charge in [0, 0.05) is 26.8 Å². The van der Waals surface area contributed by atoms with Crippen molar-refractivity contribution in [1.82, 2.24) is 9.99 Å². The van der Waals surface area contributed by atoms with Crippen molar-refractivity contribution in [2.24, 2.45) is 5.10 Å². The van der Waals surface area contributed by atoms with Gasteiger partial charge in [-0.15, -0.1) is 0 Å². The van der Waals surface area contributed by atoms with Crippen molar-refractivity contribution < 1.29 is 9.21 Å². The molecule has 2 aromatic carbocycles. The van der Waals surface area contributed by atoms with Crippen molar-refractivity contribution in [3.63, 3.8) is 0 Å². The van der Waals surface area contributed by atoms with Crippen LogP contribution in [0.4, 0.5) is 0 Å². The lowest BCUT2D eigenvalue weighted by Crippen LogP contribution is -2.16. The molecule has 2 heterocycles. The fourth-order valence-corrected chi connectivity index (χ4v) is 4.05. The standard InChI is InChI=1S/C22H16BrCl2N3O2/c1-12-8-15(13(2)28(12)18-5-3-4-17(24)21(18)25)11-26-27-22(29)20-10-14-9-16(23)6-7-19(14)30-20/h3-11H,1-2H3,(H,27,29)/b26-11+. The molecule has 30 heavy (non-hydrogen) atoms. The quantitative estimate of drug-likeness (QED) is 0.249. The minimum Gasteiger partial charge on any atom is -0.451 e. The number of aromatic nitrogens is 1. The molecule has 0 aliphatic rings. The van der Waals surface area contributed by atoms with Gasteiger partial charge in [0.1, 0.15) is 5.58 Å². The SMILES string of the molecule is Cc1cc(/C=N/NC(=O)c2cc3cc(Br)ccc3o2)c(C)n1-c1cccc(Cl)c1Cl. The van der Waals surface area contributed by atoms with Crippen LogP contribution in [0, 0.1) is 13.8 Å². The highest BCUT2D eigenvalue weighted by atomic mass is 79.9. The second-order valence-electron chi connectivity index (χ2n) is 6.73. The van der Waals surface area contributed by atoms with Crippen molar-refractivity contribution in [2.45, 2.75) is 13.8 Å². The smallest absolute Gasteiger partial charge is 0.307 e. The summed E-state index contributed by atoms with van der Waals surface area (Å²) >= 11 is 15.9. The lowest BCUT2D eigenvalue weighted by atomic mass is 10.2. The van der Waals surface area contributed by atoms with Crippen molar-refractivity contribution in [3.05, 3.63) is 85.8 Å². The Balaban J connectivity index is 1.55. The number of halogens is 3. The van der Waals surface area contributed by atoms with Crippen LogP contribution in [0.1, 0.15) is 27.5 Å². The molecular weight excluding hydrogens is 489 g/mol. The minimum atomic E-state index is -0.426. The molecule has 5 nitrogen and oxygen atoms in total. The van der Waals surface area contributed by atoms with Crippen LogP contribution in [0.5, 0.6) is 0 Å². The van der Waals surface area contributed by atoms with E-state index in [0.717, 1.165) is 32.5 Å². The van der Waals surface area contributed by atoms with E-state index >= 15 is 0 Å². The van der Waals surface area contributed by atoms with Crippen LogP contribution in [0.15, 0.2) is 62.5 Å². The van der Waals surface area contributed by atoms with Gasteiger partial charge >= 0.3 is 5.91 Å². The van der Waals surface area contributed by atoms with E-state index in [0.29, 0.717) is 15.6 Å². The van der Waals surface area contributed by atoms with Gasteiger partial charge in [0.2, 0.25) is 0 Å². The molecule has 0 fully saturated rings. The number of carbonyl (C=O) groups excluding carboxylic acids is 1. The van der Waals surface area contributed by atoms with Crippen LogP contribution in [0.2, 0.25) is 10.0 Å². The zero-order chi connectivity index (χ0) is 21.4. The van der Waals surface area contributed by atoms with Gasteiger partial charge in [-0.05, 0) is 56.3 Å². The number of rotatable bonds is 4. The normalized spacial score (nSPS) is 11.5. The van der Waals surface area contributed by atoms with E-state index in [9.17, 15) is 4.79 Å². The fourth-order valence-electron chi connectivity index (χ4n) is 3.30. The molecule has 0 unspecified atom stereocenters. The molecule has 0 radical (unpaired) electrons. The van der Waals surface area contributed by atoms with Crippen molar-refractivity contribution in [3.8, 4) is 5.69 Å². The topological polar surface area (TPSA) is 59.5 Å². The highest BCUT2D eigenvalue weighted by Gasteiger charge is 2.14. The van der Waals surface area contributed by atoms with Gasteiger partial charge in [-0.1, -0.05) is 45.2 Å². The highest BCUT2D eigenvalue weighted by Crippen LogP contribution is 2.31. The summed E-state index contributed by atoms with van der Waals surface area (Å²) in [4.78, 5) is 12.4. The van der Waals surface area contributed by atoms with Gasteiger partial charge in [0.05, 0.1) is 21.9 Å². The Bertz CT molecular complexity index is 1310. The van der Waals surface area contributed by atoms with E-state index in [-0.39, 0.29) is 5.76 Å². The first-order chi connectivity index (χ1) is 14.3. The molecule has 8 heteroatoms. The van der Waals surface area contributed by atoms with Crippen LogP contribution in [0.25, 0.3) is 16.7 Å². The Kier molecular flexibility index (Phi) is 5.73. The van der Waals surface area contributed by atoms with E-state index in [2.05, 4.69) is 26.5 Å². The third-order valence-electron chi connectivity index (χ3n) is 4.71. The molecular formula is C22H16BrCl2N3O2. The molecule has 4 rings (SSSR count). The molecule has 0 spiro atoms. The highest BCUT2D eigenvalue weighted by molar-refractivity contribution is 9.10. The molecule has 152 valence electrons. The summed E-state index contributed by atoms with van der Waals surface area (Å²) in [5.74, 6) is -0.235. The summed E-state index contributed by atoms with van der Waals surface area (Å²) in [6.07, 6.45) is 1.59. The number of nitrogens with zero attached hydrogens (tertiary/aromatic N) is 2. The van der Waals surface area contributed by atoms with Crippen molar-refractivity contribution in [2.75, 3.05) is 0 Å². The number of hydrogen-bond donors (Lipinski definition) is 1. The lowest BCUT2D eigenvalue weighted by molar-refractivity contribution is 0.0929. The average molecular weight is 505 g/mol. The summed E-state index contributed by atoms with van der Waals surface area (Å²) in [5, 5.41) is 5.89. The number of amides is 1. The number of fused-ring (bicyclic) bond motifs is 1. The number of hydrogen-bond acceptors (Lipinski definition) is 3. The maximum absolute atomic E-state index is 12.4. The molecule has 1 amide bonds. The molecule has 0 aliphatic heterocycles. The number of furan rings is 1. The molecule has 0 atom stereocenters.